The molecule has 3 aromatic carbocycles. The number of esters is 1. The standard InChI is InChI=1S/C30H27N5O3/c1-2-38-29(36)17-27(21-8-4-3-5-9-21)32-30(37)26-11-7-6-10-25(26)19-35-20-28(33-34-35)23-12-13-24-18-31-15-14-22(24)16-23/h3-16,18,20,27H,2,17,19H2,1H3,(H,32,37). The number of rotatable bonds is 9. The van der Waals surface area contributed by atoms with Gasteiger partial charge in [-0.1, -0.05) is 65.9 Å². The molecule has 8 nitrogen and oxygen atoms in total. The first-order valence-electron chi connectivity index (χ1n) is 12.4. The van der Waals surface area contributed by atoms with Gasteiger partial charge in [-0.2, -0.15) is 0 Å². The average molecular weight is 506 g/mol. The Bertz CT molecular complexity index is 1560. The fraction of sp³-hybridized carbons (Fsp3) is 0.167. The van der Waals surface area contributed by atoms with Crippen molar-refractivity contribution in [1.82, 2.24) is 25.3 Å². The third kappa shape index (κ3) is 5.75. The molecule has 0 aliphatic heterocycles. The minimum absolute atomic E-state index is 0.0417. The van der Waals surface area contributed by atoms with Crippen LogP contribution < -0.4 is 5.32 Å². The van der Waals surface area contributed by atoms with Crippen LogP contribution in [0.5, 0.6) is 0 Å². The highest BCUT2D eigenvalue weighted by Crippen LogP contribution is 2.23. The molecule has 2 heterocycles. The van der Waals surface area contributed by atoms with Gasteiger partial charge in [0.2, 0.25) is 0 Å². The molecule has 2 aromatic heterocycles. The van der Waals surface area contributed by atoms with E-state index in [1.165, 1.54) is 0 Å². The summed E-state index contributed by atoms with van der Waals surface area (Å²) < 4.78 is 6.85. The van der Waals surface area contributed by atoms with Gasteiger partial charge in [-0.3, -0.25) is 14.6 Å². The zero-order valence-corrected chi connectivity index (χ0v) is 20.9. The lowest BCUT2D eigenvalue weighted by Gasteiger charge is -2.19. The van der Waals surface area contributed by atoms with Gasteiger partial charge in [-0.15, -0.1) is 5.10 Å². The van der Waals surface area contributed by atoms with Crippen molar-refractivity contribution in [3.8, 4) is 11.3 Å². The molecule has 1 atom stereocenters. The Morgan fingerprint density at radius 1 is 0.974 bits per heavy atom. The summed E-state index contributed by atoms with van der Waals surface area (Å²) in [6.07, 6.45) is 5.50. The van der Waals surface area contributed by atoms with Crippen LogP contribution in [0.1, 0.15) is 40.9 Å². The van der Waals surface area contributed by atoms with Crippen molar-refractivity contribution in [3.05, 3.63) is 114 Å². The van der Waals surface area contributed by atoms with Crippen LogP contribution in [0.3, 0.4) is 0 Å². The molecule has 1 amide bonds. The van der Waals surface area contributed by atoms with E-state index >= 15 is 0 Å². The van der Waals surface area contributed by atoms with Gasteiger partial charge in [0.05, 0.1) is 31.8 Å². The molecule has 0 fully saturated rings. The van der Waals surface area contributed by atoms with E-state index in [1.54, 1.807) is 23.9 Å². The maximum Gasteiger partial charge on any atom is 0.308 e. The second-order valence-corrected chi connectivity index (χ2v) is 8.84. The number of carbonyl (C=O) groups excluding carboxylic acids is 2. The highest BCUT2D eigenvalue weighted by Gasteiger charge is 2.21. The molecule has 1 unspecified atom stereocenters. The van der Waals surface area contributed by atoms with Crippen molar-refractivity contribution < 1.29 is 14.3 Å². The zero-order chi connectivity index (χ0) is 26.3. The lowest BCUT2D eigenvalue weighted by Crippen LogP contribution is -2.31. The minimum Gasteiger partial charge on any atom is -0.466 e. The van der Waals surface area contributed by atoms with Crippen LogP contribution in [0, 0.1) is 0 Å². The van der Waals surface area contributed by atoms with E-state index < -0.39 is 6.04 Å². The molecule has 5 aromatic rings. The molecule has 1 N–H and O–H groups in total. The number of fused-ring (bicyclic) bond motifs is 1. The number of nitrogens with one attached hydrogen (secondary N) is 1. The predicted octanol–water partition coefficient (Wildman–Crippen LogP) is 4.97. The summed E-state index contributed by atoms with van der Waals surface area (Å²) in [5, 5.41) is 13.8. The second-order valence-electron chi connectivity index (χ2n) is 8.84. The van der Waals surface area contributed by atoms with Gasteiger partial charge in [0, 0.05) is 28.9 Å². The number of nitrogens with zero attached hydrogens (tertiary/aromatic N) is 4. The van der Waals surface area contributed by atoms with E-state index in [1.807, 2.05) is 79.1 Å². The summed E-state index contributed by atoms with van der Waals surface area (Å²) in [4.78, 5) is 29.8. The first-order chi connectivity index (χ1) is 18.6. The van der Waals surface area contributed by atoms with Crippen molar-refractivity contribution in [2.45, 2.75) is 25.9 Å². The Morgan fingerprint density at radius 2 is 1.79 bits per heavy atom. The van der Waals surface area contributed by atoms with E-state index in [9.17, 15) is 9.59 Å². The van der Waals surface area contributed by atoms with Crippen molar-refractivity contribution in [2.75, 3.05) is 6.61 Å². The van der Waals surface area contributed by atoms with E-state index in [0.29, 0.717) is 12.1 Å². The molecule has 0 saturated heterocycles. The maximum absolute atomic E-state index is 13.4. The Kier molecular flexibility index (Phi) is 7.49. The molecule has 190 valence electrons. The van der Waals surface area contributed by atoms with Crippen LogP contribution in [0.4, 0.5) is 0 Å². The lowest BCUT2D eigenvalue weighted by atomic mass is 10.0. The molecule has 0 spiro atoms. The number of hydrogen-bond donors (Lipinski definition) is 1. The Hall–Kier alpha value is -4.85. The van der Waals surface area contributed by atoms with Gasteiger partial charge in [0.15, 0.2) is 0 Å². The highest BCUT2D eigenvalue weighted by molar-refractivity contribution is 5.96. The van der Waals surface area contributed by atoms with Gasteiger partial charge in [0.1, 0.15) is 5.69 Å². The van der Waals surface area contributed by atoms with Crippen LogP contribution in [-0.4, -0.2) is 38.5 Å². The van der Waals surface area contributed by atoms with Crippen molar-refractivity contribution in [3.63, 3.8) is 0 Å². The molecule has 0 aliphatic carbocycles. The fourth-order valence-corrected chi connectivity index (χ4v) is 4.36. The number of benzene rings is 3. The average Bonchev–Trinajstić information content (AvgIpc) is 3.42. The maximum atomic E-state index is 13.4. The van der Waals surface area contributed by atoms with Crippen LogP contribution in [0.25, 0.3) is 22.0 Å². The summed E-state index contributed by atoms with van der Waals surface area (Å²) in [6.45, 7) is 2.41. The van der Waals surface area contributed by atoms with Gasteiger partial charge in [-0.25, -0.2) is 4.68 Å². The molecular formula is C30H27N5O3. The first kappa shape index (κ1) is 24.8. The number of amides is 1. The Labute approximate surface area is 220 Å². The summed E-state index contributed by atoms with van der Waals surface area (Å²) in [6, 6.07) is 24.3. The molecule has 0 saturated carbocycles. The predicted molar refractivity (Wildman–Crippen MR) is 144 cm³/mol. The lowest BCUT2D eigenvalue weighted by molar-refractivity contribution is -0.143. The molecule has 8 heteroatoms. The largest absolute Gasteiger partial charge is 0.466 e. The SMILES string of the molecule is CCOC(=O)CC(NC(=O)c1ccccc1Cn1cc(-c2ccc3cnccc3c2)nn1)c1ccccc1. The fourth-order valence-electron chi connectivity index (χ4n) is 4.36. The number of aromatic nitrogens is 4. The summed E-state index contributed by atoms with van der Waals surface area (Å²) in [7, 11) is 0. The third-order valence-corrected chi connectivity index (χ3v) is 6.25. The van der Waals surface area contributed by atoms with Gasteiger partial charge < -0.3 is 10.1 Å². The normalized spacial score (nSPS) is 11.7. The topological polar surface area (TPSA) is 99.0 Å². The van der Waals surface area contributed by atoms with Crippen molar-refractivity contribution in [2.24, 2.45) is 0 Å². The number of ether oxygens (including phenoxy) is 1. The molecule has 0 radical (unpaired) electrons. The van der Waals surface area contributed by atoms with E-state index in [4.69, 9.17) is 4.74 Å². The smallest absolute Gasteiger partial charge is 0.308 e. The zero-order valence-electron chi connectivity index (χ0n) is 20.9. The van der Waals surface area contributed by atoms with Crippen LogP contribution in [0.2, 0.25) is 0 Å². The van der Waals surface area contributed by atoms with Gasteiger partial charge >= 0.3 is 5.97 Å². The molecule has 0 bridgehead atoms. The molecule has 38 heavy (non-hydrogen) atoms. The summed E-state index contributed by atoms with van der Waals surface area (Å²) in [5.74, 6) is -0.641. The minimum atomic E-state index is -0.517. The number of hydrogen-bond acceptors (Lipinski definition) is 6. The van der Waals surface area contributed by atoms with Crippen molar-refractivity contribution >= 4 is 22.6 Å². The molecule has 0 aliphatic rings. The second kappa shape index (κ2) is 11.5. The summed E-state index contributed by atoms with van der Waals surface area (Å²) in [5.41, 5.74) is 3.81. The highest BCUT2D eigenvalue weighted by atomic mass is 16.5. The molecular weight excluding hydrogens is 478 g/mol. The number of pyridine rings is 1. The van der Waals surface area contributed by atoms with E-state index in [2.05, 4.69) is 26.7 Å². The third-order valence-electron chi connectivity index (χ3n) is 6.25. The first-order valence-corrected chi connectivity index (χ1v) is 12.4. The quantitative estimate of drug-likeness (QED) is 0.284. The summed E-state index contributed by atoms with van der Waals surface area (Å²) >= 11 is 0. The van der Waals surface area contributed by atoms with E-state index in [-0.39, 0.29) is 24.9 Å². The molecule has 5 rings (SSSR count). The van der Waals surface area contributed by atoms with Crippen molar-refractivity contribution in [1.29, 1.82) is 0 Å². The van der Waals surface area contributed by atoms with Crippen LogP contribution >= 0.6 is 0 Å². The monoisotopic (exact) mass is 505 g/mol. The van der Waals surface area contributed by atoms with E-state index in [0.717, 1.165) is 33.2 Å². The number of carbonyl (C=O) groups is 2. The van der Waals surface area contributed by atoms with Crippen LogP contribution in [0.15, 0.2) is 97.5 Å². The Balaban J connectivity index is 1.35. The van der Waals surface area contributed by atoms with Gasteiger partial charge in [-0.05, 0) is 41.6 Å². The van der Waals surface area contributed by atoms with Gasteiger partial charge in [0.25, 0.3) is 5.91 Å². The Morgan fingerprint density at radius 3 is 2.63 bits per heavy atom. The van der Waals surface area contributed by atoms with Crippen LogP contribution in [-0.2, 0) is 16.1 Å².